The molecule has 0 saturated carbocycles. The summed E-state index contributed by atoms with van der Waals surface area (Å²) < 4.78 is 7.19. The first-order chi connectivity index (χ1) is 17.2. The second-order valence-corrected chi connectivity index (χ2v) is 9.93. The number of amides is 1. The van der Waals surface area contributed by atoms with E-state index in [1.807, 2.05) is 35.8 Å². The summed E-state index contributed by atoms with van der Waals surface area (Å²) in [5, 5.41) is 13.0. The van der Waals surface area contributed by atoms with Gasteiger partial charge in [0.05, 0.1) is 34.1 Å². The topological polar surface area (TPSA) is 96.7 Å². The number of carbonyl (C=O) groups excluding carboxylic acids is 1. The number of aromatic nitrogens is 4. The molecule has 6 heterocycles. The molecule has 0 spiro atoms. The summed E-state index contributed by atoms with van der Waals surface area (Å²) in [5.74, 6) is 0.657. The predicted molar refractivity (Wildman–Crippen MR) is 136 cm³/mol. The number of ether oxygens (including phenoxy) is 1. The fraction of sp³-hybridized carbons (Fsp3) is 0.360. The third-order valence-corrected chi connectivity index (χ3v) is 7.56. The van der Waals surface area contributed by atoms with Crippen LogP contribution in [0.4, 0.5) is 5.82 Å². The largest absolute Gasteiger partial charge is 0.378 e. The van der Waals surface area contributed by atoms with Gasteiger partial charge in [-0.25, -0.2) is 14.5 Å². The number of nitrogens with one attached hydrogen (secondary N) is 2. The Bertz CT molecular complexity index is 1340. The second kappa shape index (κ2) is 9.37. The summed E-state index contributed by atoms with van der Waals surface area (Å²) in [6, 6.07) is 10.1. The lowest BCUT2D eigenvalue weighted by Crippen LogP contribution is -2.52. The summed E-state index contributed by atoms with van der Waals surface area (Å²) in [6.07, 6.45) is 6.09. The highest BCUT2D eigenvalue weighted by Crippen LogP contribution is 2.30. The molecule has 2 fully saturated rings. The average Bonchev–Trinajstić information content (AvgIpc) is 3.63. The van der Waals surface area contributed by atoms with Crippen molar-refractivity contribution in [1.29, 1.82) is 0 Å². The maximum absolute atomic E-state index is 13.2. The zero-order valence-corrected chi connectivity index (χ0v) is 20.3. The number of anilines is 1. The third kappa shape index (κ3) is 4.40. The quantitative estimate of drug-likeness (QED) is 0.412. The van der Waals surface area contributed by atoms with Crippen molar-refractivity contribution in [3.63, 3.8) is 0 Å². The number of hydrogen-bond acceptors (Lipinski definition) is 8. The van der Waals surface area contributed by atoms with Crippen LogP contribution < -0.4 is 15.5 Å². The van der Waals surface area contributed by atoms with Gasteiger partial charge in [0.2, 0.25) is 0 Å². The summed E-state index contributed by atoms with van der Waals surface area (Å²) in [4.78, 5) is 26.2. The molecule has 0 bridgehead atoms. The molecule has 0 aliphatic carbocycles. The van der Waals surface area contributed by atoms with Gasteiger partial charge in [-0.15, -0.1) is 11.3 Å². The van der Waals surface area contributed by atoms with Gasteiger partial charge in [-0.2, -0.15) is 5.10 Å². The summed E-state index contributed by atoms with van der Waals surface area (Å²) in [5.41, 5.74) is 3.65. The monoisotopic (exact) mass is 489 g/mol. The van der Waals surface area contributed by atoms with Crippen LogP contribution in [0, 0.1) is 0 Å². The van der Waals surface area contributed by atoms with Gasteiger partial charge in [-0.05, 0) is 49.0 Å². The van der Waals surface area contributed by atoms with Crippen LogP contribution in [0.25, 0.3) is 27.5 Å². The lowest BCUT2D eigenvalue weighted by atomic mass is 10.1. The standard InChI is InChI=1S/C25H27N7O2S/c1-34-18-14-31(15-18)23-11-16(25(33)27-12-17-4-2-7-26-17)10-21(29-23)19-13-28-32-8-6-20(30-24(19)32)22-5-3-9-35-22/h3,5-6,8-11,13,17-18,26H,2,4,7,12,14-15H2,1H3,(H,27,33). The predicted octanol–water partition coefficient (Wildman–Crippen LogP) is 2.84. The summed E-state index contributed by atoms with van der Waals surface area (Å²) in [6.45, 7) is 3.11. The van der Waals surface area contributed by atoms with E-state index in [9.17, 15) is 4.79 Å². The molecule has 35 heavy (non-hydrogen) atoms. The van der Waals surface area contributed by atoms with Crippen molar-refractivity contribution in [2.24, 2.45) is 0 Å². The molecule has 180 valence electrons. The lowest BCUT2D eigenvalue weighted by molar-refractivity contribution is 0.0783. The van der Waals surface area contributed by atoms with Crippen molar-refractivity contribution in [2.45, 2.75) is 25.0 Å². The Morgan fingerprint density at radius 3 is 2.94 bits per heavy atom. The zero-order valence-electron chi connectivity index (χ0n) is 19.5. The molecule has 2 aliphatic rings. The van der Waals surface area contributed by atoms with Gasteiger partial charge in [-0.3, -0.25) is 4.79 Å². The summed E-state index contributed by atoms with van der Waals surface area (Å²) in [7, 11) is 1.72. The Morgan fingerprint density at radius 2 is 2.17 bits per heavy atom. The maximum Gasteiger partial charge on any atom is 0.251 e. The van der Waals surface area contributed by atoms with E-state index in [1.165, 1.54) is 0 Å². The van der Waals surface area contributed by atoms with Crippen LogP contribution in [-0.2, 0) is 4.74 Å². The molecule has 10 heteroatoms. The van der Waals surface area contributed by atoms with Crippen molar-refractivity contribution >= 4 is 28.7 Å². The van der Waals surface area contributed by atoms with E-state index >= 15 is 0 Å². The molecule has 0 aromatic carbocycles. The van der Waals surface area contributed by atoms with Gasteiger partial charge < -0.3 is 20.3 Å². The smallest absolute Gasteiger partial charge is 0.251 e. The molecular weight excluding hydrogens is 462 g/mol. The first-order valence-corrected chi connectivity index (χ1v) is 12.8. The highest BCUT2D eigenvalue weighted by molar-refractivity contribution is 7.13. The van der Waals surface area contributed by atoms with E-state index in [-0.39, 0.29) is 12.0 Å². The van der Waals surface area contributed by atoms with Gasteiger partial charge in [0.1, 0.15) is 5.82 Å². The van der Waals surface area contributed by atoms with Crippen molar-refractivity contribution in [2.75, 3.05) is 38.2 Å². The van der Waals surface area contributed by atoms with Gasteiger partial charge >= 0.3 is 0 Å². The molecule has 2 N–H and O–H groups in total. The van der Waals surface area contributed by atoms with E-state index in [0.717, 1.165) is 54.4 Å². The molecule has 4 aromatic heterocycles. The van der Waals surface area contributed by atoms with E-state index < -0.39 is 0 Å². The van der Waals surface area contributed by atoms with Crippen LogP contribution >= 0.6 is 11.3 Å². The van der Waals surface area contributed by atoms with E-state index in [2.05, 4.69) is 26.7 Å². The molecule has 1 atom stereocenters. The first kappa shape index (κ1) is 22.1. The van der Waals surface area contributed by atoms with Crippen molar-refractivity contribution < 1.29 is 9.53 Å². The maximum atomic E-state index is 13.2. The Hall–Kier alpha value is -3.34. The number of hydrogen-bond donors (Lipinski definition) is 2. The van der Waals surface area contributed by atoms with Crippen LogP contribution in [0.15, 0.2) is 48.1 Å². The van der Waals surface area contributed by atoms with Gasteiger partial charge in [0, 0.05) is 44.5 Å². The minimum Gasteiger partial charge on any atom is -0.378 e. The second-order valence-electron chi connectivity index (χ2n) is 8.98. The molecule has 4 aromatic rings. The number of methoxy groups -OCH3 is 1. The van der Waals surface area contributed by atoms with Crippen molar-refractivity contribution in [1.82, 2.24) is 30.2 Å². The molecule has 9 nitrogen and oxygen atoms in total. The molecule has 6 rings (SSSR count). The minimum absolute atomic E-state index is 0.101. The Balaban J connectivity index is 1.36. The number of pyridine rings is 1. The number of nitrogens with zero attached hydrogens (tertiary/aromatic N) is 5. The molecule has 1 unspecified atom stereocenters. The molecule has 1 amide bonds. The van der Waals surface area contributed by atoms with Crippen LogP contribution in [0.2, 0.25) is 0 Å². The first-order valence-electron chi connectivity index (χ1n) is 11.9. The van der Waals surface area contributed by atoms with Gasteiger partial charge in [0.15, 0.2) is 5.65 Å². The van der Waals surface area contributed by atoms with Gasteiger partial charge in [0.25, 0.3) is 5.91 Å². The lowest BCUT2D eigenvalue weighted by Gasteiger charge is -2.39. The fourth-order valence-electron chi connectivity index (χ4n) is 4.58. The highest BCUT2D eigenvalue weighted by Gasteiger charge is 2.29. The number of rotatable bonds is 7. The van der Waals surface area contributed by atoms with E-state index in [4.69, 9.17) is 14.7 Å². The Labute approximate surface area is 207 Å². The summed E-state index contributed by atoms with van der Waals surface area (Å²) >= 11 is 1.65. The average molecular weight is 490 g/mol. The minimum atomic E-state index is -0.101. The third-order valence-electron chi connectivity index (χ3n) is 6.67. The highest BCUT2D eigenvalue weighted by atomic mass is 32.1. The number of fused-ring (bicyclic) bond motifs is 1. The van der Waals surface area contributed by atoms with Crippen molar-refractivity contribution in [3.8, 4) is 21.8 Å². The molecule has 0 radical (unpaired) electrons. The van der Waals surface area contributed by atoms with Crippen LogP contribution in [-0.4, -0.2) is 70.9 Å². The normalized spacial score (nSPS) is 18.2. The van der Waals surface area contributed by atoms with Crippen LogP contribution in [0.1, 0.15) is 23.2 Å². The SMILES string of the molecule is COC1CN(c2cc(C(=O)NCC3CCCN3)cc(-c3cnn4ccc(-c5cccs5)nc34)n2)C1. The molecule has 2 saturated heterocycles. The van der Waals surface area contributed by atoms with E-state index in [1.54, 1.807) is 29.2 Å². The Kier molecular flexibility index (Phi) is 5.93. The Morgan fingerprint density at radius 1 is 1.26 bits per heavy atom. The fourth-order valence-corrected chi connectivity index (χ4v) is 5.28. The van der Waals surface area contributed by atoms with Crippen molar-refractivity contribution in [3.05, 3.63) is 53.7 Å². The van der Waals surface area contributed by atoms with E-state index in [0.29, 0.717) is 29.5 Å². The molecule has 2 aliphatic heterocycles. The van der Waals surface area contributed by atoms with Crippen LogP contribution in [0.5, 0.6) is 0 Å². The zero-order chi connectivity index (χ0) is 23.8. The molecular formula is C25H27N7O2S. The number of carbonyl (C=O) groups is 1. The number of thiophene rings is 1. The van der Waals surface area contributed by atoms with Gasteiger partial charge in [-0.1, -0.05) is 6.07 Å². The van der Waals surface area contributed by atoms with Crippen LogP contribution in [0.3, 0.4) is 0 Å².